The van der Waals surface area contributed by atoms with Crippen LogP contribution in [0.3, 0.4) is 0 Å². The van der Waals surface area contributed by atoms with E-state index in [0.717, 1.165) is 5.56 Å². The number of esters is 1. The fourth-order valence-electron chi connectivity index (χ4n) is 3.39. The molecule has 2 aliphatic rings. The van der Waals surface area contributed by atoms with Gasteiger partial charge in [-0.1, -0.05) is 17.7 Å². The maximum Gasteiger partial charge on any atom is 0.339 e. The molecule has 3 N–H and O–H groups in total. The van der Waals surface area contributed by atoms with Crippen LogP contribution >= 0.6 is 0 Å². The first kappa shape index (κ1) is 16.6. The lowest BCUT2D eigenvalue weighted by Crippen LogP contribution is -2.45. The number of ether oxygens (including phenoxy) is 2. The third kappa shape index (κ3) is 2.11. The predicted molar refractivity (Wildman–Crippen MR) is 88.7 cm³/mol. The second kappa shape index (κ2) is 5.67. The minimum Gasteiger partial charge on any atom is -0.462 e. The van der Waals surface area contributed by atoms with Crippen LogP contribution in [0.1, 0.15) is 25.0 Å². The maximum atomic E-state index is 13.0. The Kier molecular flexibility index (Phi) is 3.76. The van der Waals surface area contributed by atoms with Gasteiger partial charge in [0.2, 0.25) is 11.8 Å². The molecule has 2 heterocycles. The summed E-state index contributed by atoms with van der Waals surface area (Å²) in [5.41, 5.74) is 5.96. The van der Waals surface area contributed by atoms with Gasteiger partial charge in [-0.2, -0.15) is 5.26 Å². The van der Waals surface area contributed by atoms with Crippen molar-refractivity contribution >= 4 is 17.6 Å². The Labute approximate surface area is 144 Å². The summed E-state index contributed by atoms with van der Waals surface area (Å²) < 4.78 is 10.5. The zero-order valence-electron chi connectivity index (χ0n) is 14.1. The highest BCUT2D eigenvalue weighted by Crippen LogP contribution is 2.52. The lowest BCUT2D eigenvalue weighted by atomic mass is 9.68. The summed E-state index contributed by atoms with van der Waals surface area (Å²) >= 11 is 0. The van der Waals surface area contributed by atoms with E-state index >= 15 is 0 Å². The number of nitrogens with two attached hydrogens (primary N) is 1. The Hall–Kier alpha value is -3.27. The van der Waals surface area contributed by atoms with Crippen LogP contribution in [0.4, 0.5) is 5.69 Å². The zero-order valence-corrected chi connectivity index (χ0v) is 14.1. The molecule has 1 aromatic rings. The first-order valence-electron chi connectivity index (χ1n) is 7.77. The molecule has 7 heteroatoms. The molecule has 1 atom stereocenters. The Morgan fingerprint density at radius 3 is 2.80 bits per heavy atom. The van der Waals surface area contributed by atoms with Gasteiger partial charge in [0.25, 0.3) is 0 Å². The largest absolute Gasteiger partial charge is 0.462 e. The van der Waals surface area contributed by atoms with Gasteiger partial charge < -0.3 is 20.5 Å². The number of hydrogen-bond donors (Lipinski definition) is 2. The van der Waals surface area contributed by atoms with Crippen LogP contribution in [-0.2, 0) is 24.5 Å². The highest BCUT2D eigenvalue weighted by atomic mass is 16.5. The van der Waals surface area contributed by atoms with Gasteiger partial charge in [0.05, 0.1) is 6.61 Å². The van der Waals surface area contributed by atoms with E-state index in [1.807, 2.05) is 19.1 Å². The fourth-order valence-corrected chi connectivity index (χ4v) is 3.39. The van der Waals surface area contributed by atoms with Crippen molar-refractivity contribution in [3.05, 3.63) is 52.1 Å². The molecular formula is C18H17N3O4. The molecule has 0 aromatic heterocycles. The minimum atomic E-state index is -1.67. The van der Waals surface area contributed by atoms with E-state index in [0.29, 0.717) is 11.3 Å². The van der Waals surface area contributed by atoms with Crippen LogP contribution in [0.25, 0.3) is 0 Å². The quantitative estimate of drug-likeness (QED) is 0.793. The summed E-state index contributed by atoms with van der Waals surface area (Å²) in [7, 11) is 0. The van der Waals surface area contributed by atoms with Crippen LogP contribution in [0.5, 0.6) is 0 Å². The summed E-state index contributed by atoms with van der Waals surface area (Å²) in [4.78, 5) is 25.7. The Balaban J connectivity index is 2.41. The molecule has 128 valence electrons. The van der Waals surface area contributed by atoms with E-state index in [1.54, 1.807) is 19.1 Å². The number of nitrogens with zero attached hydrogens (tertiary/aromatic N) is 1. The van der Waals surface area contributed by atoms with Crippen molar-refractivity contribution < 1.29 is 19.1 Å². The first-order chi connectivity index (χ1) is 11.9. The molecule has 1 amide bonds. The van der Waals surface area contributed by atoms with E-state index in [1.165, 1.54) is 6.92 Å². The summed E-state index contributed by atoms with van der Waals surface area (Å²) in [6.07, 6.45) is 0. The smallest absolute Gasteiger partial charge is 0.339 e. The second-order valence-corrected chi connectivity index (χ2v) is 5.86. The molecule has 1 aromatic carbocycles. The molecular weight excluding hydrogens is 322 g/mol. The number of amides is 1. The average Bonchev–Trinajstić information content (AvgIpc) is 2.81. The zero-order chi connectivity index (χ0) is 18.4. The van der Waals surface area contributed by atoms with Crippen molar-refractivity contribution in [2.75, 3.05) is 11.9 Å². The van der Waals surface area contributed by atoms with Crippen molar-refractivity contribution in [3.63, 3.8) is 0 Å². The number of carbonyl (C=O) groups excluding carboxylic acids is 2. The van der Waals surface area contributed by atoms with Crippen LogP contribution in [0.15, 0.2) is 41.0 Å². The number of allylic oxidation sites excluding steroid dienone is 1. The Morgan fingerprint density at radius 2 is 2.16 bits per heavy atom. The van der Waals surface area contributed by atoms with Crippen molar-refractivity contribution in [3.8, 4) is 6.07 Å². The molecule has 0 saturated carbocycles. The summed E-state index contributed by atoms with van der Waals surface area (Å²) in [6, 6.07) is 7.27. The van der Waals surface area contributed by atoms with Gasteiger partial charge in [0.15, 0.2) is 5.41 Å². The van der Waals surface area contributed by atoms with Gasteiger partial charge in [-0.25, -0.2) is 4.79 Å². The number of anilines is 1. The second-order valence-electron chi connectivity index (χ2n) is 5.86. The van der Waals surface area contributed by atoms with Gasteiger partial charge in [0, 0.05) is 11.3 Å². The normalized spacial score (nSPS) is 21.6. The molecule has 0 fully saturated rings. The van der Waals surface area contributed by atoms with Gasteiger partial charge in [-0.3, -0.25) is 4.79 Å². The maximum absolute atomic E-state index is 13.0. The average molecular weight is 339 g/mol. The number of rotatable bonds is 2. The molecule has 0 bridgehead atoms. The Bertz CT molecular complexity index is 907. The number of nitrogens with one attached hydrogen (secondary N) is 1. The third-order valence-corrected chi connectivity index (χ3v) is 4.37. The van der Waals surface area contributed by atoms with Crippen molar-refractivity contribution in [2.45, 2.75) is 26.2 Å². The van der Waals surface area contributed by atoms with Crippen LogP contribution in [0.2, 0.25) is 0 Å². The molecule has 7 nitrogen and oxygen atoms in total. The summed E-state index contributed by atoms with van der Waals surface area (Å²) in [5, 5.41) is 12.4. The molecule has 25 heavy (non-hydrogen) atoms. The van der Waals surface area contributed by atoms with Crippen LogP contribution in [0, 0.1) is 18.3 Å². The van der Waals surface area contributed by atoms with Crippen molar-refractivity contribution in [2.24, 2.45) is 5.73 Å². The highest BCUT2D eigenvalue weighted by molar-refractivity contribution is 6.17. The number of aryl methyl sites for hydroxylation is 1. The monoisotopic (exact) mass is 339 g/mol. The number of hydrogen-bond acceptors (Lipinski definition) is 6. The predicted octanol–water partition coefficient (Wildman–Crippen LogP) is 1.75. The molecule has 0 saturated heterocycles. The lowest BCUT2D eigenvalue weighted by Gasteiger charge is -2.33. The van der Waals surface area contributed by atoms with E-state index in [2.05, 4.69) is 5.32 Å². The van der Waals surface area contributed by atoms with E-state index in [4.69, 9.17) is 15.2 Å². The number of nitriles is 1. The molecule has 1 spiro atoms. The molecule has 2 aliphatic heterocycles. The fraction of sp³-hybridized carbons (Fsp3) is 0.278. The van der Waals surface area contributed by atoms with Crippen LogP contribution < -0.4 is 11.1 Å². The van der Waals surface area contributed by atoms with E-state index in [9.17, 15) is 14.9 Å². The Morgan fingerprint density at radius 1 is 1.44 bits per heavy atom. The molecule has 3 rings (SSSR count). The van der Waals surface area contributed by atoms with Gasteiger partial charge in [0.1, 0.15) is 23.0 Å². The number of fused-ring (bicyclic) bond motifs is 2. The topological polar surface area (TPSA) is 114 Å². The van der Waals surface area contributed by atoms with Gasteiger partial charge in [-0.15, -0.1) is 0 Å². The molecule has 0 radical (unpaired) electrons. The molecule has 0 aliphatic carbocycles. The van der Waals surface area contributed by atoms with E-state index in [-0.39, 0.29) is 29.4 Å². The van der Waals surface area contributed by atoms with E-state index < -0.39 is 17.3 Å². The minimum absolute atomic E-state index is 0.0260. The standard InChI is InChI=1S/C18H17N3O4/c1-4-24-16(22)14-10(3)25-15(20)12(8-19)18(14)11-7-9(2)5-6-13(11)21-17(18)23/h5-7H,4,20H2,1-3H3,(H,21,23)/t18-/m1/s1. The first-order valence-corrected chi connectivity index (χ1v) is 7.77. The molecule has 0 unspecified atom stereocenters. The van der Waals surface area contributed by atoms with Gasteiger partial charge in [-0.05, 0) is 26.8 Å². The highest BCUT2D eigenvalue weighted by Gasteiger charge is 2.59. The van der Waals surface area contributed by atoms with Gasteiger partial charge >= 0.3 is 5.97 Å². The van der Waals surface area contributed by atoms with Crippen molar-refractivity contribution in [1.29, 1.82) is 5.26 Å². The number of benzene rings is 1. The summed E-state index contributed by atoms with van der Waals surface area (Å²) in [5.74, 6) is -1.31. The van der Waals surface area contributed by atoms with Crippen molar-refractivity contribution in [1.82, 2.24) is 0 Å². The SMILES string of the molecule is CCOC(=O)C1=C(C)OC(N)=C(C#N)[C@@]12C(=O)Nc1ccc(C)cc12. The number of carbonyl (C=O) groups is 2. The summed E-state index contributed by atoms with van der Waals surface area (Å²) in [6.45, 7) is 5.16. The third-order valence-electron chi connectivity index (χ3n) is 4.37. The van der Waals surface area contributed by atoms with Crippen LogP contribution in [-0.4, -0.2) is 18.5 Å². The lowest BCUT2D eigenvalue weighted by molar-refractivity contribution is -0.140.